The van der Waals surface area contributed by atoms with E-state index in [0.29, 0.717) is 17.5 Å². The summed E-state index contributed by atoms with van der Waals surface area (Å²) in [5, 5.41) is 10.4. The zero-order valence-electron chi connectivity index (χ0n) is 24.3. The molecule has 2 aliphatic rings. The van der Waals surface area contributed by atoms with Crippen LogP contribution in [0.15, 0.2) is 36.8 Å². The fraction of sp³-hybridized carbons (Fsp3) is 0.500. The van der Waals surface area contributed by atoms with Crippen molar-refractivity contribution in [3.8, 4) is 11.8 Å². The van der Waals surface area contributed by atoms with Crippen LogP contribution in [-0.4, -0.2) is 71.1 Å². The minimum absolute atomic E-state index is 0.0660. The zero-order chi connectivity index (χ0) is 29.3. The Labute approximate surface area is 240 Å². The van der Waals surface area contributed by atoms with Crippen LogP contribution in [0.2, 0.25) is 0 Å². The molecule has 3 aromatic rings. The first-order valence-electron chi connectivity index (χ1n) is 14.4. The van der Waals surface area contributed by atoms with Crippen molar-refractivity contribution in [2.45, 2.75) is 46.5 Å². The van der Waals surface area contributed by atoms with Gasteiger partial charge in [0, 0.05) is 44.0 Å². The van der Waals surface area contributed by atoms with E-state index in [4.69, 9.17) is 4.74 Å². The average Bonchev–Trinajstić information content (AvgIpc) is 3.57. The summed E-state index contributed by atoms with van der Waals surface area (Å²) in [6.07, 6.45) is 9.66. The molecule has 2 fully saturated rings. The summed E-state index contributed by atoms with van der Waals surface area (Å²) < 4.78 is 21.0. The molecule has 4 heterocycles. The molecule has 1 atom stereocenters. The molecule has 2 saturated heterocycles. The van der Waals surface area contributed by atoms with Crippen molar-refractivity contribution in [1.82, 2.24) is 19.4 Å². The van der Waals surface area contributed by atoms with Gasteiger partial charge in [0.05, 0.1) is 36.1 Å². The topological polar surface area (TPSA) is 91.5 Å². The van der Waals surface area contributed by atoms with Crippen molar-refractivity contribution in [1.29, 1.82) is 5.26 Å². The maximum Gasteiger partial charge on any atom is 0.340 e. The van der Waals surface area contributed by atoms with Gasteiger partial charge in [-0.15, -0.1) is 0 Å². The van der Waals surface area contributed by atoms with Crippen LogP contribution in [0.5, 0.6) is 0 Å². The summed E-state index contributed by atoms with van der Waals surface area (Å²) in [4.78, 5) is 34.0. The fourth-order valence-corrected chi connectivity index (χ4v) is 6.47. The first kappa shape index (κ1) is 28.7. The number of hydrogen-bond donors (Lipinski definition) is 0. The van der Waals surface area contributed by atoms with Gasteiger partial charge >= 0.3 is 5.97 Å². The molecule has 5 rings (SSSR count). The van der Waals surface area contributed by atoms with E-state index in [9.17, 15) is 19.2 Å². The molecule has 41 heavy (non-hydrogen) atoms. The number of aromatic nitrogens is 2. The second kappa shape index (κ2) is 11.6. The van der Waals surface area contributed by atoms with Gasteiger partial charge in [-0.05, 0) is 94.2 Å². The monoisotopic (exact) mass is 559 g/mol. The van der Waals surface area contributed by atoms with Crippen LogP contribution in [0, 0.1) is 41.3 Å². The number of methoxy groups -OCH3 is 1. The lowest BCUT2D eigenvalue weighted by Gasteiger charge is -2.36. The van der Waals surface area contributed by atoms with Gasteiger partial charge in [0.1, 0.15) is 11.2 Å². The van der Waals surface area contributed by atoms with Crippen LogP contribution in [-0.2, 0) is 16.0 Å². The lowest BCUT2D eigenvalue weighted by atomic mass is 9.90. The summed E-state index contributed by atoms with van der Waals surface area (Å²) >= 11 is 0. The third-order valence-corrected chi connectivity index (χ3v) is 8.72. The fourth-order valence-electron chi connectivity index (χ4n) is 6.47. The van der Waals surface area contributed by atoms with E-state index >= 15 is 0 Å². The Balaban J connectivity index is 1.28. The number of esters is 1. The van der Waals surface area contributed by atoms with E-state index in [0.717, 1.165) is 74.9 Å². The molecule has 0 N–H and O–H groups in total. The number of pyridine rings is 1. The molecule has 9 heteroatoms. The summed E-state index contributed by atoms with van der Waals surface area (Å²) in [6, 6.07) is 6.32. The quantitative estimate of drug-likeness (QED) is 0.382. The number of halogens is 1. The van der Waals surface area contributed by atoms with E-state index < -0.39 is 17.2 Å². The Morgan fingerprint density at radius 3 is 2.59 bits per heavy atom. The molecule has 216 valence electrons. The third-order valence-electron chi connectivity index (χ3n) is 8.72. The van der Waals surface area contributed by atoms with Crippen molar-refractivity contribution < 1.29 is 18.7 Å². The molecule has 0 unspecified atom stereocenters. The van der Waals surface area contributed by atoms with Crippen molar-refractivity contribution in [3.05, 3.63) is 59.3 Å². The Morgan fingerprint density at radius 2 is 1.88 bits per heavy atom. The van der Waals surface area contributed by atoms with Gasteiger partial charge in [-0.3, -0.25) is 9.78 Å². The van der Waals surface area contributed by atoms with Crippen LogP contribution >= 0.6 is 0 Å². The molecule has 1 aromatic carbocycles. The number of nitrogens with zero attached hydrogens (tertiary/aromatic N) is 5. The second-order valence-corrected chi connectivity index (χ2v) is 12.1. The largest absolute Gasteiger partial charge is 0.465 e. The molecule has 2 aromatic heterocycles. The highest BCUT2D eigenvalue weighted by Gasteiger charge is 2.35. The first-order valence-corrected chi connectivity index (χ1v) is 14.4. The molecule has 0 saturated carbocycles. The van der Waals surface area contributed by atoms with Crippen molar-refractivity contribution in [2.75, 3.05) is 39.8 Å². The lowest BCUT2D eigenvalue weighted by molar-refractivity contribution is -0.139. The number of fused-ring (bicyclic) bond motifs is 1. The van der Waals surface area contributed by atoms with E-state index in [-0.39, 0.29) is 11.5 Å². The first-order chi connectivity index (χ1) is 19.6. The highest BCUT2D eigenvalue weighted by Crippen LogP contribution is 2.33. The number of hydrogen-bond acceptors (Lipinski definition) is 6. The van der Waals surface area contributed by atoms with Crippen LogP contribution in [0.1, 0.15) is 54.6 Å². The van der Waals surface area contributed by atoms with Crippen LogP contribution in [0.4, 0.5) is 4.39 Å². The normalized spacial score (nSPS) is 18.5. The molecule has 0 aliphatic carbocycles. The number of rotatable bonds is 7. The standard InChI is InChI=1S/C32H38FN5O3/c1-21-15-35-16-28-29(21)24(19-38(28)27-6-5-25(33)14-26(27)30(39)41-4)13-23-7-10-36(18-23)17-22-8-11-37(12-9-22)31(40)32(2,3)20-34/h5-6,14-16,19,22-23H,7-13,17-18H2,1-4H3/t23-/m0/s1. The van der Waals surface area contributed by atoms with Crippen molar-refractivity contribution in [2.24, 2.45) is 17.3 Å². The number of aryl methyl sites for hydroxylation is 1. The molecule has 1 amide bonds. The Bertz CT molecular complexity index is 1500. The maximum atomic E-state index is 14.1. The van der Waals surface area contributed by atoms with Gasteiger partial charge in [-0.2, -0.15) is 5.26 Å². The average molecular weight is 560 g/mol. The second-order valence-electron chi connectivity index (χ2n) is 12.1. The number of benzene rings is 1. The SMILES string of the molecule is COC(=O)c1cc(F)ccc1-n1cc(C[C@@H]2CCN(CC3CCN(C(=O)C(C)(C)C#N)CC3)C2)c2c(C)cncc21. The molecule has 0 bridgehead atoms. The van der Waals surface area contributed by atoms with E-state index in [1.165, 1.54) is 24.8 Å². The zero-order valence-corrected chi connectivity index (χ0v) is 24.3. The van der Waals surface area contributed by atoms with Gasteiger partial charge in [-0.25, -0.2) is 9.18 Å². The predicted molar refractivity (Wildman–Crippen MR) is 154 cm³/mol. The summed E-state index contributed by atoms with van der Waals surface area (Å²) in [5.74, 6) is -0.0986. The minimum atomic E-state index is -0.968. The number of ether oxygens (including phenoxy) is 1. The van der Waals surface area contributed by atoms with Crippen LogP contribution < -0.4 is 0 Å². The number of carbonyl (C=O) groups is 2. The lowest BCUT2D eigenvalue weighted by Crippen LogP contribution is -2.46. The Hall–Kier alpha value is -3.77. The van der Waals surface area contributed by atoms with Crippen LogP contribution in [0.25, 0.3) is 16.6 Å². The number of amides is 1. The van der Waals surface area contributed by atoms with Gasteiger partial charge in [0.15, 0.2) is 0 Å². The number of carbonyl (C=O) groups excluding carboxylic acids is 2. The van der Waals surface area contributed by atoms with Gasteiger partial charge in [0.2, 0.25) is 5.91 Å². The van der Waals surface area contributed by atoms with Gasteiger partial charge < -0.3 is 19.1 Å². The van der Waals surface area contributed by atoms with E-state index in [2.05, 4.69) is 22.1 Å². The maximum absolute atomic E-state index is 14.1. The third kappa shape index (κ3) is 5.84. The Kier molecular flexibility index (Phi) is 8.14. The number of nitriles is 1. The summed E-state index contributed by atoms with van der Waals surface area (Å²) in [7, 11) is 1.30. The molecule has 2 aliphatic heterocycles. The smallest absolute Gasteiger partial charge is 0.340 e. The van der Waals surface area contributed by atoms with Crippen molar-refractivity contribution in [3.63, 3.8) is 0 Å². The predicted octanol–water partition coefficient (Wildman–Crippen LogP) is 4.91. The summed E-state index contributed by atoms with van der Waals surface area (Å²) in [6.45, 7) is 9.97. The minimum Gasteiger partial charge on any atom is -0.465 e. The molecular weight excluding hydrogens is 521 g/mol. The number of likely N-dealkylation sites (tertiary alicyclic amines) is 2. The molecular formula is C32H38FN5O3. The van der Waals surface area contributed by atoms with Gasteiger partial charge in [-0.1, -0.05) is 0 Å². The van der Waals surface area contributed by atoms with E-state index in [1.54, 1.807) is 26.1 Å². The summed E-state index contributed by atoms with van der Waals surface area (Å²) in [5.41, 5.74) is 2.91. The molecule has 8 nitrogen and oxygen atoms in total. The van der Waals surface area contributed by atoms with E-state index in [1.807, 2.05) is 22.6 Å². The molecule has 0 spiro atoms. The van der Waals surface area contributed by atoms with Gasteiger partial charge in [0.25, 0.3) is 0 Å². The molecule has 0 radical (unpaired) electrons. The highest BCUT2D eigenvalue weighted by molar-refractivity contribution is 5.95. The number of piperidine rings is 1. The van der Waals surface area contributed by atoms with Crippen LogP contribution in [0.3, 0.4) is 0 Å². The highest BCUT2D eigenvalue weighted by atomic mass is 19.1. The van der Waals surface area contributed by atoms with Crippen molar-refractivity contribution >= 4 is 22.8 Å². The Morgan fingerprint density at radius 1 is 1.15 bits per heavy atom.